The number of anilines is 2. The lowest BCUT2D eigenvalue weighted by Gasteiger charge is -2.30. The van der Waals surface area contributed by atoms with Crippen LogP contribution in [0.15, 0.2) is 36.4 Å². The zero-order chi connectivity index (χ0) is 26.2. The minimum atomic E-state index is -0.499. The van der Waals surface area contributed by atoms with Crippen LogP contribution in [0.2, 0.25) is 0 Å². The molecule has 0 atom stereocenters. The second kappa shape index (κ2) is 9.88. The number of aryl methyl sites for hydroxylation is 1. The number of alkyl carbamates (subject to hydrolysis) is 1. The Balaban J connectivity index is 1.26. The molecule has 1 fully saturated rings. The molecule has 1 aliphatic carbocycles. The number of hydrogen-bond donors (Lipinski definition) is 3. The summed E-state index contributed by atoms with van der Waals surface area (Å²) >= 11 is 0. The molecule has 1 aromatic heterocycles. The number of carbonyl (C=O) groups is 2. The van der Waals surface area contributed by atoms with Crippen LogP contribution in [-0.4, -0.2) is 46.3 Å². The van der Waals surface area contributed by atoms with E-state index in [1.807, 2.05) is 58.0 Å². The van der Waals surface area contributed by atoms with Gasteiger partial charge < -0.3 is 25.4 Å². The molecule has 37 heavy (non-hydrogen) atoms. The van der Waals surface area contributed by atoms with Gasteiger partial charge in [0.15, 0.2) is 12.4 Å². The molecule has 2 aromatic carbocycles. The van der Waals surface area contributed by atoms with Gasteiger partial charge >= 0.3 is 6.09 Å². The molecule has 0 bridgehead atoms. The summed E-state index contributed by atoms with van der Waals surface area (Å²) in [6, 6.07) is 12.2. The van der Waals surface area contributed by atoms with Crippen molar-refractivity contribution in [3.63, 3.8) is 0 Å². The number of fused-ring (bicyclic) bond motifs is 2. The zero-order valence-corrected chi connectivity index (χ0v) is 21.7. The number of carbonyl (C=O) groups excluding carboxylic acids is 2. The van der Waals surface area contributed by atoms with E-state index in [4.69, 9.17) is 19.4 Å². The fourth-order valence-electron chi connectivity index (χ4n) is 4.89. The summed E-state index contributed by atoms with van der Waals surface area (Å²) in [5, 5.41) is 10.3. The van der Waals surface area contributed by atoms with E-state index in [1.165, 1.54) is 0 Å². The van der Waals surface area contributed by atoms with Crippen LogP contribution < -0.4 is 20.7 Å². The van der Waals surface area contributed by atoms with Gasteiger partial charge in [0.1, 0.15) is 5.60 Å². The molecule has 0 spiro atoms. The van der Waals surface area contributed by atoms with Crippen molar-refractivity contribution in [1.29, 1.82) is 0 Å². The van der Waals surface area contributed by atoms with Crippen LogP contribution in [-0.2, 0) is 9.53 Å². The SMILES string of the molecule is Cc1nc(N[C@H]2CC[C@@H](NC(=O)OC(C)(C)C)CC2)nc2ccc(-c3cccc4c3OCC(=O)N4)cc12. The molecular formula is C28H33N5O4. The maximum atomic E-state index is 12.1. The molecule has 0 saturated heterocycles. The highest BCUT2D eigenvalue weighted by atomic mass is 16.6. The molecule has 2 amide bonds. The third-order valence-electron chi connectivity index (χ3n) is 6.62. The quantitative estimate of drug-likeness (QED) is 0.449. The summed E-state index contributed by atoms with van der Waals surface area (Å²) in [6.07, 6.45) is 3.21. The normalized spacial score (nSPS) is 19.4. The Morgan fingerprint density at radius 2 is 1.84 bits per heavy atom. The highest BCUT2D eigenvalue weighted by molar-refractivity contribution is 5.98. The van der Waals surface area contributed by atoms with Crippen molar-refractivity contribution in [2.45, 2.75) is 71.1 Å². The standard InChI is InChI=1S/C28H33N5O4/c1-16-21-14-17(20-6-5-7-23-25(20)36-15-24(34)32-23)8-13-22(21)33-26(29-16)30-18-9-11-19(12-10-18)31-27(35)37-28(2,3)4/h5-8,13-14,18-19H,9-12,15H2,1-4H3,(H,31,35)(H,32,34)(H,29,30,33)/t18-,19+. The topological polar surface area (TPSA) is 114 Å². The first kappa shape index (κ1) is 24.8. The second-order valence-electron chi connectivity index (χ2n) is 10.7. The minimum absolute atomic E-state index is 0.00768. The number of amides is 2. The summed E-state index contributed by atoms with van der Waals surface area (Å²) < 4.78 is 11.1. The van der Waals surface area contributed by atoms with E-state index in [-0.39, 0.29) is 30.7 Å². The third-order valence-corrected chi connectivity index (χ3v) is 6.62. The van der Waals surface area contributed by atoms with Crippen molar-refractivity contribution >= 4 is 34.5 Å². The van der Waals surface area contributed by atoms with Crippen molar-refractivity contribution in [3.05, 3.63) is 42.1 Å². The van der Waals surface area contributed by atoms with E-state index in [2.05, 4.69) is 22.0 Å². The molecule has 9 heteroatoms. The van der Waals surface area contributed by atoms with Gasteiger partial charge in [0.25, 0.3) is 5.91 Å². The summed E-state index contributed by atoms with van der Waals surface area (Å²) in [4.78, 5) is 33.3. The molecule has 2 heterocycles. The average molecular weight is 504 g/mol. The third kappa shape index (κ3) is 5.76. The number of nitrogens with one attached hydrogen (secondary N) is 3. The van der Waals surface area contributed by atoms with E-state index in [0.29, 0.717) is 17.4 Å². The first-order valence-electron chi connectivity index (χ1n) is 12.7. The number of aromatic nitrogens is 2. The molecule has 0 unspecified atom stereocenters. The number of nitrogens with zero attached hydrogens (tertiary/aromatic N) is 2. The summed E-state index contributed by atoms with van der Waals surface area (Å²) in [5.41, 5.74) is 3.81. The van der Waals surface area contributed by atoms with Crippen LogP contribution in [0.3, 0.4) is 0 Å². The van der Waals surface area contributed by atoms with Gasteiger partial charge in [-0.15, -0.1) is 0 Å². The van der Waals surface area contributed by atoms with Crippen LogP contribution >= 0.6 is 0 Å². The summed E-state index contributed by atoms with van der Waals surface area (Å²) in [5.74, 6) is 1.14. The monoisotopic (exact) mass is 503 g/mol. The summed E-state index contributed by atoms with van der Waals surface area (Å²) in [7, 11) is 0. The van der Waals surface area contributed by atoms with Crippen LogP contribution in [0.1, 0.15) is 52.1 Å². The van der Waals surface area contributed by atoms with Gasteiger partial charge in [-0.3, -0.25) is 4.79 Å². The van der Waals surface area contributed by atoms with E-state index in [9.17, 15) is 9.59 Å². The Morgan fingerprint density at radius 1 is 1.08 bits per heavy atom. The van der Waals surface area contributed by atoms with Crippen LogP contribution in [0.5, 0.6) is 5.75 Å². The van der Waals surface area contributed by atoms with E-state index < -0.39 is 5.60 Å². The van der Waals surface area contributed by atoms with E-state index in [1.54, 1.807) is 0 Å². The van der Waals surface area contributed by atoms with Crippen molar-refractivity contribution < 1.29 is 19.1 Å². The van der Waals surface area contributed by atoms with Gasteiger partial charge in [0, 0.05) is 23.0 Å². The Hall–Kier alpha value is -3.88. The largest absolute Gasteiger partial charge is 0.481 e. The second-order valence-corrected chi connectivity index (χ2v) is 10.7. The van der Waals surface area contributed by atoms with Gasteiger partial charge in [-0.1, -0.05) is 18.2 Å². The molecule has 1 aliphatic heterocycles. The van der Waals surface area contributed by atoms with Crippen LogP contribution in [0.25, 0.3) is 22.0 Å². The molecule has 3 N–H and O–H groups in total. The number of rotatable bonds is 4. The van der Waals surface area contributed by atoms with Gasteiger partial charge in [-0.25, -0.2) is 14.8 Å². The molecule has 5 rings (SSSR count). The number of para-hydroxylation sites is 1. The first-order chi connectivity index (χ1) is 17.6. The lowest BCUT2D eigenvalue weighted by molar-refractivity contribution is -0.118. The van der Waals surface area contributed by atoms with Gasteiger partial charge in [-0.2, -0.15) is 0 Å². The van der Waals surface area contributed by atoms with Crippen LogP contribution in [0, 0.1) is 6.92 Å². The maximum absolute atomic E-state index is 12.1. The lowest BCUT2D eigenvalue weighted by atomic mass is 9.91. The Kier molecular flexibility index (Phi) is 6.62. The Labute approximate surface area is 216 Å². The number of benzene rings is 2. The number of hydrogen-bond acceptors (Lipinski definition) is 7. The lowest BCUT2D eigenvalue weighted by Crippen LogP contribution is -2.42. The smallest absolute Gasteiger partial charge is 0.407 e. The van der Waals surface area contributed by atoms with Gasteiger partial charge in [0.2, 0.25) is 5.95 Å². The highest BCUT2D eigenvalue weighted by Gasteiger charge is 2.25. The summed E-state index contributed by atoms with van der Waals surface area (Å²) in [6.45, 7) is 7.59. The zero-order valence-electron chi connectivity index (χ0n) is 21.7. The van der Waals surface area contributed by atoms with Crippen molar-refractivity contribution in [2.75, 3.05) is 17.2 Å². The predicted octanol–water partition coefficient (Wildman–Crippen LogP) is 5.18. The molecule has 0 radical (unpaired) electrons. The molecule has 1 saturated carbocycles. The molecule has 194 valence electrons. The van der Waals surface area contributed by atoms with Gasteiger partial charge in [0.05, 0.1) is 16.9 Å². The van der Waals surface area contributed by atoms with Crippen molar-refractivity contribution in [1.82, 2.24) is 15.3 Å². The van der Waals surface area contributed by atoms with Crippen LogP contribution in [0.4, 0.5) is 16.4 Å². The minimum Gasteiger partial charge on any atom is -0.481 e. The molecule has 3 aromatic rings. The van der Waals surface area contributed by atoms with Crippen molar-refractivity contribution in [2.24, 2.45) is 0 Å². The Bertz CT molecular complexity index is 1340. The fourth-order valence-corrected chi connectivity index (χ4v) is 4.89. The maximum Gasteiger partial charge on any atom is 0.407 e. The predicted molar refractivity (Wildman–Crippen MR) is 143 cm³/mol. The van der Waals surface area contributed by atoms with Crippen molar-refractivity contribution in [3.8, 4) is 16.9 Å². The van der Waals surface area contributed by atoms with E-state index >= 15 is 0 Å². The average Bonchev–Trinajstić information content (AvgIpc) is 2.83. The fraction of sp³-hybridized carbons (Fsp3) is 0.429. The molecule has 9 nitrogen and oxygen atoms in total. The number of ether oxygens (including phenoxy) is 2. The Morgan fingerprint density at radius 3 is 2.59 bits per heavy atom. The first-order valence-corrected chi connectivity index (χ1v) is 12.7. The molecule has 2 aliphatic rings. The highest BCUT2D eigenvalue weighted by Crippen LogP contribution is 2.39. The van der Waals surface area contributed by atoms with E-state index in [0.717, 1.165) is 53.4 Å². The van der Waals surface area contributed by atoms with Gasteiger partial charge in [-0.05, 0) is 77.1 Å². The molecular weight excluding hydrogens is 470 g/mol.